The number of hydrogen-bond donors (Lipinski definition) is 0. The van der Waals surface area contributed by atoms with Gasteiger partial charge in [-0.05, 0) is 47.5 Å². The molecule has 0 bridgehead atoms. The van der Waals surface area contributed by atoms with Crippen LogP contribution in [0.25, 0.3) is 22.0 Å². The third kappa shape index (κ3) is 7.76. The molecule has 3 rings (SSSR count). The Morgan fingerprint density at radius 1 is 0.758 bits per heavy atom. The lowest BCUT2D eigenvalue weighted by molar-refractivity contribution is -0.137. The van der Waals surface area contributed by atoms with Gasteiger partial charge < -0.3 is 4.74 Å². The smallest absolute Gasteiger partial charge is 0.418 e. The average molecular weight is 458 g/mol. The van der Waals surface area contributed by atoms with Crippen molar-refractivity contribution in [2.75, 3.05) is 6.61 Å². The number of nitrogens with zero attached hydrogens (tertiary/aromatic N) is 1. The zero-order valence-corrected chi connectivity index (χ0v) is 19.5. The fourth-order valence-corrected chi connectivity index (χ4v) is 4.10. The number of fused-ring (bicyclic) bond motifs is 1. The second-order valence-corrected chi connectivity index (χ2v) is 8.65. The van der Waals surface area contributed by atoms with Crippen LogP contribution < -0.4 is 4.74 Å². The monoisotopic (exact) mass is 457 g/mol. The summed E-state index contributed by atoms with van der Waals surface area (Å²) < 4.78 is 45.9. The molecule has 0 aliphatic heterocycles. The Morgan fingerprint density at radius 3 is 2.09 bits per heavy atom. The van der Waals surface area contributed by atoms with E-state index in [0.29, 0.717) is 12.2 Å². The van der Waals surface area contributed by atoms with E-state index in [0.717, 1.165) is 29.0 Å². The summed E-state index contributed by atoms with van der Waals surface area (Å²) in [6.45, 7) is 2.93. The number of pyridine rings is 1. The summed E-state index contributed by atoms with van der Waals surface area (Å²) in [6.07, 6.45) is 9.80. The first kappa shape index (κ1) is 25.1. The highest BCUT2D eigenvalue weighted by molar-refractivity contribution is 5.88. The highest BCUT2D eigenvalue weighted by atomic mass is 19.4. The minimum Gasteiger partial charge on any atom is -0.494 e. The van der Waals surface area contributed by atoms with Crippen LogP contribution in [0.1, 0.15) is 76.7 Å². The van der Waals surface area contributed by atoms with E-state index in [1.807, 2.05) is 24.3 Å². The molecule has 1 aromatic heterocycles. The Balaban J connectivity index is 1.48. The number of benzene rings is 2. The summed E-state index contributed by atoms with van der Waals surface area (Å²) in [5.41, 5.74) is -0.316. The van der Waals surface area contributed by atoms with Crippen LogP contribution in [0.15, 0.2) is 54.7 Å². The Morgan fingerprint density at radius 2 is 1.39 bits per heavy atom. The van der Waals surface area contributed by atoms with Crippen LogP contribution >= 0.6 is 0 Å². The lowest BCUT2D eigenvalue weighted by Gasteiger charge is -2.12. The normalized spacial score (nSPS) is 11.8. The summed E-state index contributed by atoms with van der Waals surface area (Å²) in [7, 11) is 0. The molecule has 0 unspecified atom stereocenters. The molecule has 0 saturated heterocycles. The van der Waals surface area contributed by atoms with Crippen molar-refractivity contribution in [3.63, 3.8) is 0 Å². The van der Waals surface area contributed by atoms with Crippen molar-refractivity contribution in [1.82, 2.24) is 4.98 Å². The lowest BCUT2D eigenvalue weighted by atomic mass is 10.0. The van der Waals surface area contributed by atoms with Gasteiger partial charge in [0.1, 0.15) is 5.75 Å². The van der Waals surface area contributed by atoms with Crippen LogP contribution in [0.5, 0.6) is 5.75 Å². The van der Waals surface area contributed by atoms with Crippen molar-refractivity contribution in [1.29, 1.82) is 0 Å². The highest BCUT2D eigenvalue weighted by Gasteiger charge is 2.34. The van der Waals surface area contributed by atoms with Gasteiger partial charge in [0.05, 0.1) is 17.9 Å². The van der Waals surface area contributed by atoms with Crippen molar-refractivity contribution in [2.45, 2.75) is 77.3 Å². The zero-order valence-electron chi connectivity index (χ0n) is 19.5. The standard InChI is InChI=1S/C28H34F3NO/c1-2-3-4-5-6-7-8-9-10-11-19-33-25-17-16-22-20-24(15-14-23(22)21-25)27-26(28(29,30)31)13-12-18-32-27/h12-18,20-21H,2-11,19H2,1H3. The molecule has 3 aromatic rings. The molecule has 0 N–H and O–H groups in total. The third-order valence-electron chi connectivity index (χ3n) is 5.96. The molecule has 0 amide bonds. The molecule has 178 valence electrons. The van der Waals surface area contributed by atoms with Crippen molar-refractivity contribution in [2.24, 2.45) is 0 Å². The largest absolute Gasteiger partial charge is 0.494 e. The van der Waals surface area contributed by atoms with Crippen LogP contribution in [0.3, 0.4) is 0 Å². The van der Waals surface area contributed by atoms with Gasteiger partial charge in [-0.3, -0.25) is 4.98 Å². The number of halogens is 3. The minimum absolute atomic E-state index is 0.0480. The van der Waals surface area contributed by atoms with Crippen molar-refractivity contribution < 1.29 is 17.9 Å². The first-order valence-corrected chi connectivity index (χ1v) is 12.2. The predicted molar refractivity (Wildman–Crippen MR) is 130 cm³/mol. The van der Waals surface area contributed by atoms with E-state index in [9.17, 15) is 13.2 Å². The summed E-state index contributed by atoms with van der Waals surface area (Å²) in [4.78, 5) is 3.99. The molecule has 0 atom stereocenters. The van der Waals surface area contributed by atoms with Crippen LogP contribution in [0.4, 0.5) is 13.2 Å². The van der Waals surface area contributed by atoms with E-state index in [1.54, 1.807) is 12.1 Å². The molecular formula is C28H34F3NO. The van der Waals surface area contributed by atoms with Gasteiger partial charge in [-0.1, -0.05) is 82.9 Å². The SMILES string of the molecule is CCCCCCCCCCCCOc1ccc2cc(-c3ncccc3C(F)(F)F)ccc2c1. The van der Waals surface area contributed by atoms with Gasteiger partial charge in [-0.2, -0.15) is 13.2 Å². The molecular weight excluding hydrogens is 423 g/mol. The lowest BCUT2D eigenvalue weighted by Crippen LogP contribution is -2.08. The van der Waals surface area contributed by atoms with Gasteiger partial charge >= 0.3 is 6.18 Å². The van der Waals surface area contributed by atoms with Gasteiger partial charge in [0.15, 0.2) is 0 Å². The van der Waals surface area contributed by atoms with Gasteiger partial charge in [0.2, 0.25) is 0 Å². The number of hydrogen-bond acceptors (Lipinski definition) is 2. The minimum atomic E-state index is -4.44. The summed E-state index contributed by atoms with van der Waals surface area (Å²) in [6, 6.07) is 13.4. The number of unbranched alkanes of at least 4 members (excludes halogenated alkanes) is 9. The fraction of sp³-hybridized carbons (Fsp3) is 0.464. The van der Waals surface area contributed by atoms with Crippen LogP contribution in [-0.2, 0) is 6.18 Å². The summed E-state index contributed by atoms with van der Waals surface area (Å²) in [5.74, 6) is 0.792. The molecule has 0 aliphatic carbocycles. The quantitative estimate of drug-likeness (QED) is 0.239. The van der Waals surface area contributed by atoms with E-state index < -0.39 is 11.7 Å². The predicted octanol–water partition coefficient (Wildman–Crippen LogP) is 9.22. The van der Waals surface area contributed by atoms with Gasteiger partial charge in [0, 0.05) is 11.8 Å². The zero-order chi connectivity index (χ0) is 23.5. The van der Waals surface area contributed by atoms with Crippen molar-refractivity contribution in [3.05, 3.63) is 60.3 Å². The number of aromatic nitrogens is 1. The Labute approximate surface area is 195 Å². The Kier molecular flexibility index (Phi) is 9.59. The van der Waals surface area contributed by atoms with E-state index in [-0.39, 0.29) is 5.69 Å². The number of ether oxygens (including phenoxy) is 1. The molecule has 2 nitrogen and oxygen atoms in total. The van der Waals surface area contributed by atoms with Crippen LogP contribution in [-0.4, -0.2) is 11.6 Å². The second-order valence-electron chi connectivity index (χ2n) is 8.65. The molecule has 5 heteroatoms. The maximum absolute atomic E-state index is 13.3. The molecule has 33 heavy (non-hydrogen) atoms. The average Bonchev–Trinajstić information content (AvgIpc) is 2.81. The maximum Gasteiger partial charge on any atom is 0.418 e. The molecule has 0 saturated carbocycles. The van der Waals surface area contributed by atoms with Crippen LogP contribution in [0, 0.1) is 0 Å². The molecule has 2 aromatic carbocycles. The topological polar surface area (TPSA) is 22.1 Å². The van der Waals surface area contributed by atoms with Gasteiger partial charge in [-0.15, -0.1) is 0 Å². The van der Waals surface area contributed by atoms with E-state index in [2.05, 4.69) is 11.9 Å². The first-order valence-electron chi connectivity index (χ1n) is 12.2. The molecule has 0 spiro atoms. The second kappa shape index (κ2) is 12.6. The van der Waals surface area contributed by atoms with Crippen LogP contribution in [0.2, 0.25) is 0 Å². The first-order chi connectivity index (χ1) is 16.0. The van der Waals surface area contributed by atoms with E-state index >= 15 is 0 Å². The Bertz CT molecular complexity index is 1000. The number of alkyl halides is 3. The number of rotatable bonds is 13. The summed E-state index contributed by atoms with van der Waals surface area (Å²) in [5, 5.41) is 1.79. The van der Waals surface area contributed by atoms with Gasteiger partial charge in [-0.25, -0.2) is 0 Å². The third-order valence-corrected chi connectivity index (χ3v) is 5.96. The maximum atomic E-state index is 13.3. The molecule has 0 aliphatic rings. The fourth-order valence-electron chi connectivity index (χ4n) is 4.10. The van der Waals surface area contributed by atoms with E-state index in [4.69, 9.17) is 4.74 Å². The Hall–Kier alpha value is -2.56. The molecule has 0 fully saturated rings. The van der Waals surface area contributed by atoms with Gasteiger partial charge in [0.25, 0.3) is 0 Å². The summed E-state index contributed by atoms with van der Waals surface area (Å²) >= 11 is 0. The van der Waals surface area contributed by atoms with Crippen molar-refractivity contribution >= 4 is 10.8 Å². The van der Waals surface area contributed by atoms with Crippen molar-refractivity contribution in [3.8, 4) is 17.0 Å². The molecule has 1 heterocycles. The molecule has 0 radical (unpaired) electrons. The highest BCUT2D eigenvalue weighted by Crippen LogP contribution is 2.36. The van der Waals surface area contributed by atoms with E-state index in [1.165, 1.54) is 70.1 Å².